The lowest BCUT2D eigenvalue weighted by Crippen LogP contribution is -2.46. The summed E-state index contributed by atoms with van der Waals surface area (Å²) in [5.41, 5.74) is 3.00. The van der Waals surface area contributed by atoms with Crippen LogP contribution < -0.4 is 10.2 Å². The predicted octanol–water partition coefficient (Wildman–Crippen LogP) is 5.69. The van der Waals surface area contributed by atoms with E-state index in [0.29, 0.717) is 63.7 Å². The van der Waals surface area contributed by atoms with Crippen LogP contribution in [-0.4, -0.2) is 47.7 Å². The van der Waals surface area contributed by atoms with E-state index < -0.39 is 0 Å². The second-order valence-corrected chi connectivity index (χ2v) is 11.0. The van der Waals surface area contributed by atoms with Crippen LogP contribution >= 0.6 is 23.2 Å². The van der Waals surface area contributed by atoms with Gasteiger partial charge in [-0.15, -0.1) is 0 Å². The molecule has 1 aromatic carbocycles. The molecule has 2 saturated heterocycles. The number of hydrogen-bond donors (Lipinski definition) is 1. The van der Waals surface area contributed by atoms with Crippen molar-refractivity contribution in [1.82, 2.24) is 15.5 Å². The maximum atomic E-state index is 10.9. The molecule has 0 radical (unpaired) electrons. The van der Waals surface area contributed by atoms with Gasteiger partial charge in [-0.2, -0.15) is 0 Å². The fourth-order valence-electron chi connectivity index (χ4n) is 5.88. The van der Waals surface area contributed by atoms with Crippen LogP contribution in [0.2, 0.25) is 10.0 Å². The number of pyridine rings is 1. The molecule has 0 spiro atoms. The van der Waals surface area contributed by atoms with Gasteiger partial charge in [0.25, 0.3) is 0 Å². The molecule has 6 rings (SSSR count). The van der Waals surface area contributed by atoms with E-state index in [1.807, 2.05) is 30.3 Å². The molecule has 2 atom stereocenters. The molecule has 3 fully saturated rings. The van der Waals surface area contributed by atoms with Gasteiger partial charge in [0.2, 0.25) is 6.41 Å². The number of piperidine rings is 1. The molecule has 2 aromatic heterocycles. The van der Waals surface area contributed by atoms with Crippen LogP contribution in [0.4, 0.5) is 5.82 Å². The Morgan fingerprint density at radius 1 is 1.15 bits per heavy atom. The van der Waals surface area contributed by atoms with Crippen molar-refractivity contribution in [2.45, 2.75) is 69.2 Å². The number of fused-ring (bicyclic) bond motifs is 2. The number of aromatic nitrogens is 2. The van der Waals surface area contributed by atoms with Gasteiger partial charge in [0.15, 0.2) is 5.84 Å². The Hall–Kier alpha value is -3.14. The number of anilines is 1. The molecule has 4 heterocycles. The number of ether oxygens (including phenoxy) is 1. The number of amidine groups is 1. The van der Waals surface area contributed by atoms with Crippen LogP contribution in [0, 0.1) is 0 Å². The van der Waals surface area contributed by atoms with Gasteiger partial charge in [0.1, 0.15) is 24.4 Å². The summed E-state index contributed by atoms with van der Waals surface area (Å²) < 4.78 is 12.4. The summed E-state index contributed by atoms with van der Waals surface area (Å²) in [5, 5.41) is 11.9. The molecule has 1 saturated carbocycles. The van der Waals surface area contributed by atoms with Crippen molar-refractivity contribution < 1.29 is 18.9 Å². The zero-order valence-corrected chi connectivity index (χ0v) is 23.0. The highest BCUT2D eigenvalue weighted by atomic mass is 35.5. The molecule has 3 aromatic rings. The van der Waals surface area contributed by atoms with E-state index in [1.165, 1.54) is 7.11 Å². The summed E-state index contributed by atoms with van der Waals surface area (Å²) in [7, 11) is 1.43. The van der Waals surface area contributed by atoms with Gasteiger partial charge < -0.3 is 24.3 Å². The zero-order valence-electron chi connectivity index (χ0n) is 21.5. The van der Waals surface area contributed by atoms with Gasteiger partial charge in [-0.05, 0) is 62.8 Å². The Morgan fingerprint density at radius 3 is 2.51 bits per heavy atom. The van der Waals surface area contributed by atoms with E-state index in [0.717, 1.165) is 55.7 Å². The summed E-state index contributed by atoms with van der Waals surface area (Å²) in [4.78, 5) is 22.8. The largest absolute Gasteiger partial charge is 0.397 e. The molecule has 3 aliphatic rings. The number of halogens is 2. The number of nitrogens with one attached hydrogen (secondary N) is 1. The highest BCUT2D eigenvalue weighted by Crippen LogP contribution is 2.47. The molecule has 11 heteroatoms. The third kappa shape index (κ3) is 5.23. The lowest BCUT2D eigenvalue weighted by molar-refractivity contribution is -0.108. The van der Waals surface area contributed by atoms with Gasteiger partial charge in [-0.1, -0.05) is 39.6 Å². The average molecular weight is 570 g/mol. The molecular weight excluding hydrogens is 541 g/mol. The minimum atomic E-state index is 0.117. The van der Waals surface area contributed by atoms with Crippen molar-refractivity contribution in [2.24, 2.45) is 5.16 Å². The Morgan fingerprint density at radius 2 is 1.90 bits per heavy atom. The summed E-state index contributed by atoms with van der Waals surface area (Å²) in [6, 6.07) is 10.0. The normalized spacial score (nSPS) is 22.7. The lowest BCUT2D eigenvalue weighted by Gasteiger charge is -2.39. The average Bonchev–Trinajstić information content (AvgIpc) is 3.64. The fourth-order valence-corrected chi connectivity index (χ4v) is 6.45. The van der Waals surface area contributed by atoms with Crippen molar-refractivity contribution in [3.05, 3.63) is 63.5 Å². The third-order valence-electron chi connectivity index (χ3n) is 7.78. The van der Waals surface area contributed by atoms with Gasteiger partial charge in [-0.25, -0.2) is 4.98 Å². The minimum Gasteiger partial charge on any atom is -0.397 e. The van der Waals surface area contributed by atoms with Crippen molar-refractivity contribution in [1.29, 1.82) is 0 Å². The van der Waals surface area contributed by atoms with Crippen LogP contribution in [-0.2, 0) is 21.0 Å². The molecule has 2 bridgehead atoms. The second-order valence-electron chi connectivity index (χ2n) is 10.2. The van der Waals surface area contributed by atoms with Gasteiger partial charge in [-0.3, -0.25) is 4.79 Å². The minimum absolute atomic E-state index is 0.117. The number of carbonyl (C=O) groups excluding carboxylic acids is 1. The number of hydrogen-bond acceptors (Lipinski definition) is 8. The first-order valence-electron chi connectivity index (χ1n) is 13.2. The molecule has 1 N–H and O–H groups in total. The van der Waals surface area contributed by atoms with Crippen LogP contribution in [0.5, 0.6) is 0 Å². The summed E-state index contributed by atoms with van der Waals surface area (Å²) in [6.07, 6.45) is 8.59. The van der Waals surface area contributed by atoms with Gasteiger partial charge >= 0.3 is 0 Å². The van der Waals surface area contributed by atoms with E-state index >= 15 is 0 Å². The molecule has 1 aliphatic carbocycles. The van der Waals surface area contributed by atoms with Gasteiger partial charge in [0, 0.05) is 40.9 Å². The van der Waals surface area contributed by atoms with E-state index in [9.17, 15) is 4.79 Å². The van der Waals surface area contributed by atoms with E-state index in [2.05, 4.69) is 25.5 Å². The number of benzene rings is 1. The van der Waals surface area contributed by atoms with E-state index in [4.69, 9.17) is 37.3 Å². The van der Waals surface area contributed by atoms with E-state index in [-0.39, 0.29) is 6.10 Å². The topological polar surface area (TPSA) is 102 Å². The number of amides is 1. The standard InChI is InChI=1S/C28H29Cl2N5O4/c1-37-34-28(32-15-36)17-7-10-24(31-13-17)35-18-8-9-19(35)12-20(11-18)38-14-21-26(33-39-27(21)16-5-6-16)25-22(29)3-2-4-23(25)30/h2-4,7,10,13,15-16,18-20H,5-6,8-9,11-12,14H2,1H3,(H,32,34,36). The first-order valence-corrected chi connectivity index (χ1v) is 13.9. The molecule has 204 valence electrons. The maximum absolute atomic E-state index is 10.9. The van der Waals surface area contributed by atoms with Crippen LogP contribution in [0.1, 0.15) is 61.3 Å². The second kappa shape index (κ2) is 11.2. The predicted molar refractivity (Wildman–Crippen MR) is 148 cm³/mol. The quantitative estimate of drug-likeness (QED) is 0.153. The number of rotatable bonds is 9. The maximum Gasteiger partial charge on any atom is 0.212 e. The first kappa shape index (κ1) is 26.1. The zero-order chi connectivity index (χ0) is 26.9. The smallest absolute Gasteiger partial charge is 0.212 e. The Balaban J connectivity index is 1.16. The van der Waals surface area contributed by atoms with Crippen molar-refractivity contribution in [2.75, 3.05) is 12.0 Å². The molecule has 2 unspecified atom stereocenters. The van der Waals surface area contributed by atoms with Crippen LogP contribution in [0.3, 0.4) is 0 Å². The van der Waals surface area contributed by atoms with Crippen LogP contribution in [0.25, 0.3) is 11.3 Å². The number of oxime groups is 1. The monoisotopic (exact) mass is 569 g/mol. The number of nitrogens with zero attached hydrogens (tertiary/aromatic N) is 4. The Kier molecular flexibility index (Phi) is 7.47. The Labute approximate surface area is 236 Å². The molecular formula is C28H29Cl2N5O4. The first-order chi connectivity index (χ1) is 19.1. The summed E-state index contributed by atoms with van der Waals surface area (Å²) in [6.45, 7) is 0.411. The highest BCUT2D eigenvalue weighted by molar-refractivity contribution is 6.39. The van der Waals surface area contributed by atoms with Crippen molar-refractivity contribution in [3.8, 4) is 11.3 Å². The molecule has 2 aliphatic heterocycles. The van der Waals surface area contributed by atoms with Crippen molar-refractivity contribution >= 4 is 41.3 Å². The van der Waals surface area contributed by atoms with Crippen LogP contribution in [0.15, 0.2) is 46.2 Å². The summed E-state index contributed by atoms with van der Waals surface area (Å²) in [5.74, 6) is 2.51. The molecule has 1 amide bonds. The molecule has 39 heavy (non-hydrogen) atoms. The number of carbonyl (C=O) groups is 1. The highest BCUT2D eigenvalue weighted by Gasteiger charge is 2.42. The van der Waals surface area contributed by atoms with Crippen molar-refractivity contribution in [3.63, 3.8) is 0 Å². The third-order valence-corrected chi connectivity index (χ3v) is 8.41. The lowest BCUT2D eigenvalue weighted by atomic mass is 9.99. The van der Waals surface area contributed by atoms with E-state index in [1.54, 1.807) is 6.20 Å². The summed E-state index contributed by atoms with van der Waals surface area (Å²) >= 11 is 13.0. The van der Waals surface area contributed by atoms with Gasteiger partial charge in [0.05, 0.1) is 22.8 Å². The fraction of sp³-hybridized carbons (Fsp3) is 0.429. The molecule has 9 nitrogen and oxygen atoms in total. The Bertz CT molecular complexity index is 1340. The SMILES string of the molecule is CO/N=C(\NC=O)c1ccc(N2C3CCC2CC(OCc2c(-c4c(Cl)cccc4Cl)noc2C2CC2)C3)nc1.